The number of thiophene rings is 1. The van der Waals surface area contributed by atoms with E-state index in [4.69, 9.17) is 0 Å². The maximum absolute atomic E-state index is 12.4. The minimum Gasteiger partial charge on any atom is -0.288 e. The summed E-state index contributed by atoms with van der Waals surface area (Å²) in [5.41, 5.74) is 1.07. The molecule has 92 valence electrons. The van der Waals surface area contributed by atoms with Crippen molar-refractivity contribution in [3.63, 3.8) is 0 Å². The minimum absolute atomic E-state index is 0.0556. The summed E-state index contributed by atoms with van der Waals surface area (Å²) in [4.78, 5) is 17.3. The van der Waals surface area contributed by atoms with Crippen molar-refractivity contribution < 1.29 is 4.79 Å². The average molecular weight is 265 g/mol. The number of fused-ring (bicyclic) bond motifs is 1. The number of benzene rings is 1. The first-order valence-corrected chi connectivity index (χ1v) is 6.71. The average Bonchev–Trinajstić information content (AvgIpc) is 2.90. The van der Waals surface area contributed by atoms with Gasteiger partial charge in [-0.25, -0.2) is 0 Å². The van der Waals surface area contributed by atoms with Crippen molar-refractivity contribution in [2.24, 2.45) is 0 Å². The Bertz CT molecular complexity index is 726. The zero-order chi connectivity index (χ0) is 13.2. The highest BCUT2D eigenvalue weighted by Crippen LogP contribution is 2.28. The van der Waals surface area contributed by atoms with Crippen LogP contribution in [-0.2, 0) is 0 Å². The van der Waals surface area contributed by atoms with Crippen molar-refractivity contribution in [1.82, 2.24) is 4.98 Å². The van der Waals surface area contributed by atoms with Crippen LogP contribution >= 0.6 is 11.3 Å². The van der Waals surface area contributed by atoms with E-state index >= 15 is 0 Å². The van der Waals surface area contributed by atoms with Crippen molar-refractivity contribution in [2.75, 3.05) is 0 Å². The van der Waals surface area contributed by atoms with E-state index in [9.17, 15) is 4.79 Å². The van der Waals surface area contributed by atoms with Gasteiger partial charge in [0.05, 0.1) is 10.6 Å². The topological polar surface area (TPSA) is 30.0 Å². The van der Waals surface area contributed by atoms with Gasteiger partial charge in [0.15, 0.2) is 0 Å². The molecule has 0 bridgehead atoms. The van der Waals surface area contributed by atoms with Gasteiger partial charge < -0.3 is 0 Å². The third-order valence-electron chi connectivity index (χ3n) is 2.90. The van der Waals surface area contributed by atoms with Crippen LogP contribution in [0.5, 0.6) is 0 Å². The lowest BCUT2D eigenvalue weighted by molar-refractivity contribution is 0.106. The highest BCUT2D eigenvalue weighted by molar-refractivity contribution is 7.21. The Morgan fingerprint density at radius 2 is 1.89 bits per heavy atom. The molecule has 2 nitrogen and oxygen atoms in total. The van der Waals surface area contributed by atoms with E-state index in [1.54, 1.807) is 12.3 Å². The molecule has 3 aromatic rings. The molecule has 0 atom stereocenters. The van der Waals surface area contributed by atoms with Gasteiger partial charge >= 0.3 is 0 Å². The summed E-state index contributed by atoms with van der Waals surface area (Å²) in [6, 6.07) is 15.3. The second-order valence-corrected chi connectivity index (χ2v) is 5.25. The maximum atomic E-state index is 12.4. The van der Waals surface area contributed by atoms with Gasteiger partial charge in [-0.2, -0.15) is 0 Å². The van der Waals surface area contributed by atoms with Crippen molar-refractivity contribution in [2.45, 2.75) is 0 Å². The number of hydrogen-bond acceptors (Lipinski definition) is 3. The zero-order valence-corrected chi connectivity index (χ0v) is 11.0. The summed E-state index contributed by atoms with van der Waals surface area (Å²) in [6.07, 6.45) is 1.67. The SMILES string of the molecule is C=C(C(=O)c1cc2ccccc2s1)c1ccccn1. The van der Waals surface area contributed by atoms with Crippen LogP contribution in [0.2, 0.25) is 0 Å². The van der Waals surface area contributed by atoms with E-state index in [2.05, 4.69) is 11.6 Å². The summed E-state index contributed by atoms with van der Waals surface area (Å²) in [7, 11) is 0. The lowest BCUT2D eigenvalue weighted by atomic mass is 10.1. The molecule has 0 fully saturated rings. The van der Waals surface area contributed by atoms with Gasteiger partial charge in [-0.15, -0.1) is 11.3 Å². The molecule has 0 spiro atoms. The monoisotopic (exact) mass is 265 g/mol. The molecule has 0 saturated heterocycles. The van der Waals surface area contributed by atoms with Gasteiger partial charge in [0.25, 0.3) is 0 Å². The van der Waals surface area contributed by atoms with Crippen molar-refractivity contribution in [3.8, 4) is 0 Å². The van der Waals surface area contributed by atoms with Crippen molar-refractivity contribution in [3.05, 3.63) is 71.9 Å². The zero-order valence-electron chi connectivity index (χ0n) is 10.2. The fourth-order valence-corrected chi connectivity index (χ4v) is 2.93. The standard InChI is InChI=1S/C16H11NOS/c1-11(13-7-4-5-9-17-13)16(18)15-10-12-6-2-3-8-14(12)19-15/h2-10H,1H2. The summed E-state index contributed by atoms with van der Waals surface area (Å²) < 4.78 is 1.11. The minimum atomic E-state index is -0.0556. The predicted octanol–water partition coefficient (Wildman–Crippen LogP) is 4.19. The smallest absolute Gasteiger partial charge is 0.204 e. The molecule has 2 aromatic heterocycles. The number of carbonyl (C=O) groups excluding carboxylic acids is 1. The molecule has 3 heteroatoms. The van der Waals surface area contributed by atoms with E-state index < -0.39 is 0 Å². The third-order valence-corrected chi connectivity index (χ3v) is 4.01. The summed E-state index contributed by atoms with van der Waals surface area (Å²) in [6.45, 7) is 3.87. The lowest BCUT2D eigenvalue weighted by Gasteiger charge is -2.01. The highest BCUT2D eigenvalue weighted by Gasteiger charge is 2.15. The van der Waals surface area contributed by atoms with Crippen LogP contribution in [0.1, 0.15) is 15.4 Å². The first-order valence-electron chi connectivity index (χ1n) is 5.89. The van der Waals surface area contributed by atoms with Crippen LogP contribution in [0.4, 0.5) is 0 Å². The Balaban J connectivity index is 1.98. The normalized spacial score (nSPS) is 10.5. The highest BCUT2D eigenvalue weighted by atomic mass is 32.1. The molecule has 0 radical (unpaired) electrons. The first-order chi connectivity index (χ1) is 9.25. The Morgan fingerprint density at radius 1 is 1.11 bits per heavy atom. The molecular weight excluding hydrogens is 254 g/mol. The number of hydrogen-bond donors (Lipinski definition) is 0. The van der Waals surface area contributed by atoms with E-state index in [0.717, 1.165) is 10.1 Å². The summed E-state index contributed by atoms with van der Waals surface area (Å²) in [5.74, 6) is -0.0556. The van der Waals surface area contributed by atoms with Crippen LogP contribution in [0.15, 0.2) is 61.3 Å². The fraction of sp³-hybridized carbons (Fsp3) is 0. The number of carbonyl (C=O) groups is 1. The molecule has 19 heavy (non-hydrogen) atoms. The second kappa shape index (κ2) is 4.78. The Kier molecular flexibility index (Phi) is 2.97. The first kappa shape index (κ1) is 11.8. The summed E-state index contributed by atoms with van der Waals surface area (Å²) in [5, 5.41) is 1.09. The van der Waals surface area contributed by atoms with Gasteiger partial charge in [0.1, 0.15) is 0 Å². The van der Waals surface area contributed by atoms with Crippen LogP contribution in [0, 0.1) is 0 Å². The number of Topliss-reactive ketones (excluding diaryl/α,β-unsaturated/α-hetero) is 1. The number of ketones is 1. The predicted molar refractivity (Wildman–Crippen MR) is 79.4 cm³/mol. The molecule has 0 aliphatic heterocycles. The molecule has 0 saturated carbocycles. The Morgan fingerprint density at radius 3 is 2.63 bits per heavy atom. The van der Waals surface area contributed by atoms with E-state index in [1.807, 2.05) is 42.5 Å². The summed E-state index contributed by atoms with van der Waals surface area (Å²) >= 11 is 1.49. The number of allylic oxidation sites excluding steroid dienone is 1. The van der Waals surface area contributed by atoms with Crippen LogP contribution in [0.3, 0.4) is 0 Å². The molecule has 0 aliphatic carbocycles. The molecule has 0 unspecified atom stereocenters. The third kappa shape index (κ3) is 2.20. The van der Waals surface area contributed by atoms with Gasteiger partial charge in [-0.3, -0.25) is 9.78 Å². The van der Waals surface area contributed by atoms with Gasteiger partial charge in [0, 0.05) is 16.5 Å². The van der Waals surface area contributed by atoms with Crippen LogP contribution < -0.4 is 0 Å². The quantitative estimate of drug-likeness (QED) is 0.525. The molecular formula is C16H11NOS. The number of aromatic nitrogens is 1. The van der Waals surface area contributed by atoms with Crippen molar-refractivity contribution >= 4 is 32.8 Å². The Hall–Kier alpha value is -2.26. The molecule has 0 amide bonds. The van der Waals surface area contributed by atoms with Crippen LogP contribution in [0.25, 0.3) is 15.7 Å². The van der Waals surface area contributed by atoms with Gasteiger partial charge in [-0.05, 0) is 29.7 Å². The van der Waals surface area contributed by atoms with Gasteiger partial charge in [-0.1, -0.05) is 30.8 Å². The van der Waals surface area contributed by atoms with Crippen molar-refractivity contribution in [1.29, 1.82) is 0 Å². The molecule has 0 N–H and O–H groups in total. The Labute approximate surface area is 115 Å². The largest absolute Gasteiger partial charge is 0.288 e. The number of nitrogens with zero attached hydrogens (tertiary/aromatic N) is 1. The van der Waals surface area contributed by atoms with E-state index in [1.165, 1.54) is 11.3 Å². The molecule has 0 aliphatic rings. The fourth-order valence-electron chi connectivity index (χ4n) is 1.90. The molecule has 1 aromatic carbocycles. The van der Waals surface area contributed by atoms with Crippen LogP contribution in [-0.4, -0.2) is 10.8 Å². The van der Waals surface area contributed by atoms with E-state index in [-0.39, 0.29) is 5.78 Å². The maximum Gasteiger partial charge on any atom is 0.204 e. The molecule has 2 heterocycles. The van der Waals surface area contributed by atoms with Gasteiger partial charge in [0.2, 0.25) is 5.78 Å². The number of rotatable bonds is 3. The number of pyridine rings is 1. The van der Waals surface area contributed by atoms with E-state index in [0.29, 0.717) is 16.1 Å². The lowest BCUT2D eigenvalue weighted by Crippen LogP contribution is -2.00. The second-order valence-electron chi connectivity index (χ2n) is 4.17. The molecule has 3 rings (SSSR count).